The Hall–Kier alpha value is -0.0500. The zero-order valence-electron chi connectivity index (χ0n) is 4.05. The number of aliphatic carboxylic acids is 1. The van der Waals surface area contributed by atoms with Gasteiger partial charge in [0.1, 0.15) is 0 Å². The molecule has 0 aromatic carbocycles. The van der Waals surface area contributed by atoms with Crippen LogP contribution in [0.5, 0.6) is 0 Å². The standard InChI is InChI=1S/C3H4O2.C2H4.Na.H/c1-2-3(4)5;1-2;;/h2H,1H2,(H,4,5);1-2H2;;. The zero-order valence-corrected chi connectivity index (χ0v) is 4.05. The van der Waals surface area contributed by atoms with Crippen LogP contribution in [0.15, 0.2) is 25.8 Å². The van der Waals surface area contributed by atoms with Gasteiger partial charge in [0, 0.05) is 6.08 Å². The Kier molecular flexibility index (Phi) is 30.9. The Morgan fingerprint density at radius 2 is 1.62 bits per heavy atom. The maximum atomic E-state index is 9.25. The Labute approximate surface area is 71.2 Å². The molecule has 0 spiro atoms. The molecule has 1 N–H and O–H groups in total. The molecule has 0 amide bonds. The monoisotopic (exact) mass is 124 g/mol. The van der Waals surface area contributed by atoms with E-state index >= 15 is 0 Å². The van der Waals surface area contributed by atoms with Crippen LogP contribution in [-0.4, -0.2) is 40.6 Å². The SMILES string of the molecule is C=C.C=CC(=O)O.[NaH]. The van der Waals surface area contributed by atoms with Crippen LogP contribution >= 0.6 is 0 Å². The molecule has 3 heteroatoms. The molecule has 0 aromatic heterocycles. The van der Waals surface area contributed by atoms with Crippen molar-refractivity contribution in [1.82, 2.24) is 0 Å². The number of carboxylic acids is 1. The molecule has 2 nitrogen and oxygen atoms in total. The van der Waals surface area contributed by atoms with Crippen molar-refractivity contribution in [3.05, 3.63) is 25.8 Å². The van der Waals surface area contributed by atoms with Gasteiger partial charge in [-0.25, -0.2) is 4.79 Å². The van der Waals surface area contributed by atoms with Crippen molar-refractivity contribution in [2.24, 2.45) is 0 Å². The van der Waals surface area contributed by atoms with Gasteiger partial charge >= 0.3 is 35.5 Å². The molecule has 0 aliphatic heterocycles. The van der Waals surface area contributed by atoms with E-state index in [-0.39, 0.29) is 29.6 Å². The summed E-state index contributed by atoms with van der Waals surface area (Å²) in [5.41, 5.74) is 0. The van der Waals surface area contributed by atoms with Gasteiger partial charge in [0.2, 0.25) is 0 Å². The van der Waals surface area contributed by atoms with Crippen molar-refractivity contribution in [3.8, 4) is 0 Å². The minimum absolute atomic E-state index is 0. The third-order valence-electron chi connectivity index (χ3n) is 0.175. The molecule has 0 radical (unpaired) electrons. The van der Waals surface area contributed by atoms with Gasteiger partial charge in [-0.3, -0.25) is 0 Å². The summed E-state index contributed by atoms with van der Waals surface area (Å²) in [5, 5.41) is 7.60. The van der Waals surface area contributed by atoms with E-state index in [1.807, 2.05) is 0 Å². The normalized spacial score (nSPS) is 4.50. The number of hydrogen-bond donors (Lipinski definition) is 1. The van der Waals surface area contributed by atoms with E-state index in [9.17, 15) is 4.79 Å². The Morgan fingerprint density at radius 3 is 1.62 bits per heavy atom. The first-order valence-corrected chi connectivity index (χ1v) is 1.62. The summed E-state index contributed by atoms with van der Waals surface area (Å²) in [7, 11) is 0. The number of rotatable bonds is 1. The van der Waals surface area contributed by atoms with Crippen molar-refractivity contribution in [2.45, 2.75) is 0 Å². The van der Waals surface area contributed by atoms with Crippen LogP contribution in [-0.2, 0) is 4.79 Å². The molecule has 0 saturated heterocycles. The van der Waals surface area contributed by atoms with Gasteiger partial charge in [0.25, 0.3) is 0 Å². The van der Waals surface area contributed by atoms with E-state index < -0.39 is 5.97 Å². The Balaban J connectivity index is -0.0000000750. The molecule has 0 aliphatic carbocycles. The summed E-state index contributed by atoms with van der Waals surface area (Å²) in [5.74, 6) is -0.981. The number of hydrogen-bond acceptors (Lipinski definition) is 1. The van der Waals surface area contributed by atoms with Gasteiger partial charge in [-0.15, -0.1) is 13.2 Å². The van der Waals surface area contributed by atoms with E-state index in [0.717, 1.165) is 6.08 Å². The van der Waals surface area contributed by atoms with Crippen LogP contribution in [0.2, 0.25) is 0 Å². The Morgan fingerprint density at radius 1 is 1.50 bits per heavy atom. The number of carbonyl (C=O) groups is 1. The van der Waals surface area contributed by atoms with Crippen LogP contribution in [0, 0.1) is 0 Å². The molecule has 0 aliphatic rings. The predicted molar refractivity (Wildman–Crippen MR) is 36.2 cm³/mol. The summed E-state index contributed by atoms with van der Waals surface area (Å²) in [6.45, 7) is 8.96. The van der Waals surface area contributed by atoms with Gasteiger partial charge in [0.05, 0.1) is 0 Å². The van der Waals surface area contributed by atoms with Crippen LogP contribution in [0.4, 0.5) is 0 Å². The maximum absolute atomic E-state index is 9.25. The zero-order chi connectivity index (χ0) is 6.28. The molecule has 0 atom stereocenters. The molecule has 0 heterocycles. The summed E-state index contributed by atoms with van der Waals surface area (Å²) in [4.78, 5) is 9.25. The van der Waals surface area contributed by atoms with Gasteiger partial charge in [-0.1, -0.05) is 6.58 Å². The van der Waals surface area contributed by atoms with Crippen LogP contribution < -0.4 is 0 Å². The van der Waals surface area contributed by atoms with Crippen molar-refractivity contribution < 1.29 is 9.90 Å². The summed E-state index contributed by atoms with van der Waals surface area (Å²) in [6.07, 6.45) is 0.833. The van der Waals surface area contributed by atoms with Crippen LogP contribution in [0.1, 0.15) is 0 Å². The molecule has 8 heavy (non-hydrogen) atoms. The van der Waals surface area contributed by atoms with E-state index in [1.54, 1.807) is 0 Å². The van der Waals surface area contributed by atoms with Crippen molar-refractivity contribution in [2.75, 3.05) is 0 Å². The van der Waals surface area contributed by atoms with Crippen molar-refractivity contribution in [3.63, 3.8) is 0 Å². The average Bonchev–Trinajstić information content (AvgIpc) is 1.73. The second kappa shape index (κ2) is 15.8. The first-order chi connectivity index (χ1) is 3.27. The number of carboxylic acid groups (broad SMARTS) is 1. The van der Waals surface area contributed by atoms with E-state index in [2.05, 4.69) is 19.7 Å². The molecule has 0 rings (SSSR count). The van der Waals surface area contributed by atoms with E-state index in [4.69, 9.17) is 5.11 Å². The van der Waals surface area contributed by atoms with Crippen LogP contribution in [0.25, 0.3) is 0 Å². The molecular weight excluding hydrogens is 115 g/mol. The fraction of sp³-hybridized carbons (Fsp3) is 0. The van der Waals surface area contributed by atoms with Gasteiger partial charge in [0.15, 0.2) is 0 Å². The van der Waals surface area contributed by atoms with Gasteiger partial charge in [-0.2, -0.15) is 0 Å². The van der Waals surface area contributed by atoms with Crippen molar-refractivity contribution >= 4 is 35.5 Å². The molecule has 0 unspecified atom stereocenters. The topological polar surface area (TPSA) is 37.3 Å². The minimum atomic E-state index is -0.981. The molecule has 42 valence electrons. The molecule has 0 bridgehead atoms. The van der Waals surface area contributed by atoms with E-state index in [0.29, 0.717) is 0 Å². The summed E-state index contributed by atoms with van der Waals surface area (Å²) < 4.78 is 0. The van der Waals surface area contributed by atoms with E-state index in [1.165, 1.54) is 0 Å². The second-order valence-corrected chi connectivity index (χ2v) is 0.542. The second-order valence-electron chi connectivity index (χ2n) is 0.542. The van der Waals surface area contributed by atoms with Gasteiger partial charge in [-0.05, 0) is 0 Å². The predicted octanol–water partition coefficient (Wildman–Crippen LogP) is 0.411. The summed E-state index contributed by atoms with van der Waals surface area (Å²) >= 11 is 0. The molecular formula is C5H9NaO2. The van der Waals surface area contributed by atoms with Gasteiger partial charge < -0.3 is 5.11 Å². The third kappa shape index (κ3) is 38.3. The molecule has 0 fully saturated rings. The van der Waals surface area contributed by atoms with Crippen molar-refractivity contribution in [1.29, 1.82) is 0 Å². The first-order valence-electron chi connectivity index (χ1n) is 1.62. The van der Waals surface area contributed by atoms with Crippen LogP contribution in [0.3, 0.4) is 0 Å². The quantitative estimate of drug-likeness (QED) is 0.312. The molecule has 0 saturated carbocycles. The average molecular weight is 124 g/mol. The fourth-order valence-electron chi connectivity index (χ4n) is 0. The Bertz CT molecular complexity index is 70.8. The molecule has 0 aromatic rings. The summed E-state index contributed by atoms with van der Waals surface area (Å²) in [6, 6.07) is 0. The third-order valence-corrected chi connectivity index (χ3v) is 0.175. The first kappa shape index (κ1) is 15.7. The fourth-order valence-corrected chi connectivity index (χ4v) is 0.